The first-order chi connectivity index (χ1) is 9.99. The molecular weight excluding hydrogens is 270 g/mol. The fraction of sp³-hybridized carbons (Fsp3) is 0.643. The molecule has 0 radical (unpaired) electrons. The van der Waals surface area contributed by atoms with Crippen molar-refractivity contribution in [2.24, 2.45) is 0 Å². The Kier molecular flexibility index (Phi) is 6.36. The molecule has 1 fully saturated rings. The minimum absolute atomic E-state index is 0.0165. The van der Waals surface area contributed by atoms with Crippen LogP contribution >= 0.6 is 0 Å². The molecule has 2 rings (SSSR count). The van der Waals surface area contributed by atoms with E-state index >= 15 is 0 Å². The molecule has 0 saturated carbocycles. The predicted octanol–water partition coefficient (Wildman–Crippen LogP) is 2.13. The zero-order valence-electron chi connectivity index (χ0n) is 13.2. The fourth-order valence-corrected chi connectivity index (χ4v) is 2.40. The van der Waals surface area contributed by atoms with E-state index in [-0.39, 0.29) is 11.5 Å². The summed E-state index contributed by atoms with van der Waals surface area (Å²) >= 11 is 0. The maximum absolute atomic E-state index is 10.7. The molecule has 0 aromatic carbocycles. The Balaban J connectivity index is 0.00000106. The van der Waals surface area contributed by atoms with Crippen molar-refractivity contribution in [1.82, 2.24) is 9.88 Å². The molecule has 21 heavy (non-hydrogen) atoms. The second-order valence-corrected chi connectivity index (χ2v) is 5.01. The molecule has 0 aliphatic carbocycles. The Morgan fingerprint density at radius 3 is 2.33 bits per heavy atom. The molecular formula is C14H25N5O2. The summed E-state index contributed by atoms with van der Waals surface area (Å²) in [6.07, 6.45) is 2.12. The van der Waals surface area contributed by atoms with Crippen LogP contribution in [0.4, 0.5) is 17.3 Å². The van der Waals surface area contributed by atoms with E-state index in [0.29, 0.717) is 6.04 Å². The van der Waals surface area contributed by atoms with Crippen molar-refractivity contribution in [2.75, 3.05) is 37.8 Å². The number of nitrogen functional groups attached to an aromatic ring is 1. The van der Waals surface area contributed by atoms with Crippen LogP contribution in [0.2, 0.25) is 0 Å². The third-order valence-corrected chi connectivity index (χ3v) is 3.60. The SMILES string of the molecule is CC.CN(C)C1CCN(c2ccc([N+](=O)[O-])c(N)n2)CC1. The van der Waals surface area contributed by atoms with E-state index in [9.17, 15) is 10.1 Å². The number of aromatic nitrogens is 1. The number of nitrogens with zero attached hydrogens (tertiary/aromatic N) is 4. The smallest absolute Gasteiger partial charge is 0.311 e. The van der Waals surface area contributed by atoms with E-state index < -0.39 is 4.92 Å². The average Bonchev–Trinajstić information content (AvgIpc) is 2.49. The zero-order valence-corrected chi connectivity index (χ0v) is 13.2. The van der Waals surface area contributed by atoms with Crippen LogP contribution in [-0.4, -0.2) is 48.0 Å². The summed E-state index contributed by atoms with van der Waals surface area (Å²) in [5.41, 5.74) is 5.48. The molecule has 1 aliphatic rings. The maximum atomic E-state index is 10.7. The molecule has 2 heterocycles. The maximum Gasteiger partial charge on any atom is 0.311 e. The fourth-order valence-electron chi connectivity index (χ4n) is 2.40. The van der Waals surface area contributed by atoms with Gasteiger partial charge in [0, 0.05) is 25.2 Å². The number of pyridine rings is 1. The summed E-state index contributed by atoms with van der Waals surface area (Å²) in [5, 5.41) is 10.7. The highest BCUT2D eigenvalue weighted by Crippen LogP contribution is 2.25. The molecule has 7 nitrogen and oxygen atoms in total. The number of hydrogen-bond donors (Lipinski definition) is 1. The van der Waals surface area contributed by atoms with Crippen LogP contribution in [0.3, 0.4) is 0 Å². The third-order valence-electron chi connectivity index (χ3n) is 3.60. The predicted molar refractivity (Wildman–Crippen MR) is 85.6 cm³/mol. The lowest BCUT2D eigenvalue weighted by atomic mass is 10.0. The number of hydrogen-bond acceptors (Lipinski definition) is 6. The number of nitro groups is 1. The van der Waals surface area contributed by atoms with Crippen LogP contribution in [0.25, 0.3) is 0 Å². The summed E-state index contributed by atoms with van der Waals surface area (Å²) in [6.45, 7) is 5.79. The lowest BCUT2D eigenvalue weighted by Gasteiger charge is -2.35. The summed E-state index contributed by atoms with van der Waals surface area (Å²) in [5.74, 6) is 0.706. The molecule has 7 heteroatoms. The molecule has 1 aliphatic heterocycles. The molecule has 2 N–H and O–H groups in total. The number of nitrogens with two attached hydrogens (primary N) is 1. The lowest BCUT2D eigenvalue weighted by Crippen LogP contribution is -2.42. The standard InChI is InChI=1S/C12H19N5O2.C2H6/c1-15(2)9-5-7-16(8-6-9)11-4-3-10(17(18)19)12(13)14-11;1-2/h3-4,9H,5-8H2,1-2H3,(H2,13,14);1-2H3. The van der Waals surface area contributed by atoms with Crippen LogP contribution in [0.1, 0.15) is 26.7 Å². The van der Waals surface area contributed by atoms with Crippen LogP contribution in [0, 0.1) is 10.1 Å². The van der Waals surface area contributed by atoms with Crippen molar-refractivity contribution >= 4 is 17.3 Å². The molecule has 0 amide bonds. The molecule has 1 aromatic heterocycles. The van der Waals surface area contributed by atoms with Crippen molar-refractivity contribution in [3.8, 4) is 0 Å². The van der Waals surface area contributed by atoms with Gasteiger partial charge in [0.15, 0.2) is 0 Å². The van der Waals surface area contributed by atoms with Gasteiger partial charge in [0.1, 0.15) is 5.82 Å². The highest BCUT2D eigenvalue weighted by atomic mass is 16.6. The van der Waals surface area contributed by atoms with Gasteiger partial charge in [-0.05, 0) is 33.0 Å². The molecule has 0 spiro atoms. The zero-order chi connectivity index (χ0) is 16.0. The monoisotopic (exact) mass is 295 g/mol. The molecule has 0 bridgehead atoms. The van der Waals surface area contributed by atoms with Crippen LogP contribution in [-0.2, 0) is 0 Å². The van der Waals surface area contributed by atoms with Gasteiger partial charge >= 0.3 is 5.69 Å². The van der Waals surface area contributed by atoms with E-state index in [4.69, 9.17) is 5.73 Å². The Morgan fingerprint density at radius 2 is 1.90 bits per heavy atom. The van der Waals surface area contributed by atoms with Gasteiger partial charge in [-0.1, -0.05) is 13.8 Å². The van der Waals surface area contributed by atoms with Gasteiger partial charge in [-0.25, -0.2) is 4.98 Å². The summed E-state index contributed by atoms with van der Waals surface area (Å²) in [6, 6.07) is 3.69. The number of piperidine rings is 1. The summed E-state index contributed by atoms with van der Waals surface area (Å²) < 4.78 is 0. The summed E-state index contributed by atoms with van der Waals surface area (Å²) in [4.78, 5) is 18.7. The van der Waals surface area contributed by atoms with E-state index in [1.165, 1.54) is 6.07 Å². The molecule has 0 atom stereocenters. The Hall–Kier alpha value is -1.89. The first kappa shape index (κ1) is 17.2. The van der Waals surface area contributed by atoms with Crippen LogP contribution < -0.4 is 10.6 Å². The third kappa shape index (κ3) is 4.29. The van der Waals surface area contributed by atoms with Gasteiger partial charge in [-0.15, -0.1) is 0 Å². The van der Waals surface area contributed by atoms with Gasteiger partial charge in [0.25, 0.3) is 0 Å². The van der Waals surface area contributed by atoms with Crippen molar-refractivity contribution < 1.29 is 4.92 Å². The van der Waals surface area contributed by atoms with Crippen molar-refractivity contribution in [3.05, 3.63) is 22.2 Å². The van der Waals surface area contributed by atoms with Gasteiger partial charge in [0.05, 0.1) is 4.92 Å². The Morgan fingerprint density at radius 1 is 1.33 bits per heavy atom. The van der Waals surface area contributed by atoms with Crippen molar-refractivity contribution in [2.45, 2.75) is 32.7 Å². The van der Waals surface area contributed by atoms with Gasteiger partial charge in [-0.3, -0.25) is 10.1 Å². The quantitative estimate of drug-likeness (QED) is 0.679. The van der Waals surface area contributed by atoms with Gasteiger partial charge < -0.3 is 15.5 Å². The minimum Gasteiger partial charge on any atom is -0.378 e. The van der Waals surface area contributed by atoms with E-state index in [1.54, 1.807) is 6.07 Å². The first-order valence-electron chi connectivity index (χ1n) is 7.31. The Labute approximate surface area is 125 Å². The average molecular weight is 295 g/mol. The van der Waals surface area contributed by atoms with E-state index in [1.807, 2.05) is 13.8 Å². The highest BCUT2D eigenvalue weighted by molar-refractivity contribution is 5.58. The second kappa shape index (κ2) is 7.78. The largest absolute Gasteiger partial charge is 0.378 e. The van der Waals surface area contributed by atoms with Crippen LogP contribution in [0.5, 0.6) is 0 Å². The molecule has 118 valence electrons. The second-order valence-electron chi connectivity index (χ2n) is 5.01. The normalized spacial score (nSPS) is 15.6. The summed E-state index contributed by atoms with van der Waals surface area (Å²) in [7, 11) is 4.17. The molecule has 1 aromatic rings. The first-order valence-corrected chi connectivity index (χ1v) is 7.31. The molecule has 1 saturated heterocycles. The van der Waals surface area contributed by atoms with Crippen LogP contribution in [0.15, 0.2) is 12.1 Å². The number of anilines is 2. The highest BCUT2D eigenvalue weighted by Gasteiger charge is 2.22. The molecule has 0 unspecified atom stereocenters. The van der Waals surface area contributed by atoms with Gasteiger partial charge in [0.2, 0.25) is 5.82 Å². The lowest BCUT2D eigenvalue weighted by molar-refractivity contribution is -0.384. The van der Waals surface area contributed by atoms with E-state index in [0.717, 1.165) is 31.7 Å². The number of rotatable bonds is 3. The van der Waals surface area contributed by atoms with Crippen molar-refractivity contribution in [3.63, 3.8) is 0 Å². The Bertz CT molecular complexity index is 470. The topological polar surface area (TPSA) is 88.5 Å². The van der Waals surface area contributed by atoms with Gasteiger partial charge in [-0.2, -0.15) is 0 Å². The van der Waals surface area contributed by atoms with E-state index in [2.05, 4.69) is 28.9 Å². The minimum atomic E-state index is -0.510. The van der Waals surface area contributed by atoms with Crippen molar-refractivity contribution in [1.29, 1.82) is 0 Å².